The van der Waals surface area contributed by atoms with Crippen LogP contribution in [0.15, 0.2) is 9.98 Å². The molecule has 11 amide bonds. The van der Waals surface area contributed by atoms with E-state index in [0.717, 1.165) is 0 Å². The van der Waals surface area contributed by atoms with E-state index in [4.69, 9.17) is 40.1 Å². The molecule has 0 radical (unpaired) electrons. The molecule has 10 atom stereocenters. The lowest BCUT2D eigenvalue weighted by Crippen LogP contribution is -2.61. The lowest BCUT2D eigenvalue weighted by Gasteiger charge is -2.29. The summed E-state index contributed by atoms with van der Waals surface area (Å²) in [4.78, 5) is 179. The number of carboxylic acids is 2. The van der Waals surface area contributed by atoms with Crippen LogP contribution in [0, 0.1) is 17.8 Å². The molecule has 0 aromatic heterocycles. The zero-order valence-electron chi connectivity index (χ0n) is 51.3. The molecule has 0 rings (SSSR count). The predicted molar refractivity (Wildman–Crippen MR) is 327 cm³/mol. The molecular formula is C53H97N19O15S. The molecule has 34 nitrogen and oxygen atoms in total. The molecule has 0 unspecified atom stereocenters. The van der Waals surface area contributed by atoms with Crippen LogP contribution in [0.1, 0.15) is 132 Å². The maximum Gasteiger partial charge on any atom is 0.326 e. The molecule has 88 heavy (non-hydrogen) atoms. The Balaban J connectivity index is 6.65. The number of nitrogens with one attached hydrogen (secondary N) is 10. The average Bonchev–Trinajstić information content (AvgIpc) is 3.59. The molecule has 26 N–H and O–H groups in total. The summed E-state index contributed by atoms with van der Waals surface area (Å²) < 4.78 is 0. The fraction of sp³-hybridized carbons (Fsp3) is 0.717. The van der Waals surface area contributed by atoms with Gasteiger partial charge in [-0.1, -0.05) is 48.0 Å². The predicted octanol–water partition coefficient (Wildman–Crippen LogP) is -6.06. The van der Waals surface area contributed by atoms with E-state index < -0.39 is 163 Å². The third kappa shape index (κ3) is 34.3. The highest BCUT2D eigenvalue weighted by molar-refractivity contribution is 7.80. The van der Waals surface area contributed by atoms with Gasteiger partial charge in [-0.25, -0.2) is 4.79 Å². The van der Waals surface area contributed by atoms with Crippen molar-refractivity contribution in [3.63, 3.8) is 0 Å². The summed E-state index contributed by atoms with van der Waals surface area (Å²) in [5.41, 5.74) is 38.5. The number of rotatable bonds is 45. The van der Waals surface area contributed by atoms with E-state index in [-0.39, 0.29) is 94.0 Å². The number of unbranched alkanes of at least 4 members (excludes halogenated alkanes) is 1. The number of amides is 11. The van der Waals surface area contributed by atoms with Crippen LogP contribution in [-0.4, -0.2) is 191 Å². The Morgan fingerprint density at radius 3 is 1.35 bits per heavy atom. The van der Waals surface area contributed by atoms with Gasteiger partial charge in [-0.3, -0.25) is 67.5 Å². The first-order valence-electron chi connectivity index (χ1n) is 29.0. The molecule has 0 spiro atoms. The van der Waals surface area contributed by atoms with Crippen molar-refractivity contribution in [2.75, 3.05) is 31.9 Å². The van der Waals surface area contributed by atoms with Crippen molar-refractivity contribution in [3.8, 4) is 0 Å². The minimum atomic E-state index is -1.67. The Kier molecular flexibility index (Phi) is 38.8. The zero-order chi connectivity index (χ0) is 67.4. The van der Waals surface area contributed by atoms with Crippen molar-refractivity contribution in [1.29, 1.82) is 0 Å². The summed E-state index contributed by atoms with van der Waals surface area (Å²) in [6, 6.07) is -13.6. The highest BCUT2D eigenvalue weighted by Gasteiger charge is 2.36. The maximum absolute atomic E-state index is 14.2. The van der Waals surface area contributed by atoms with Crippen molar-refractivity contribution in [2.24, 2.45) is 67.9 Å². The molecule has 0 bridgehead atoms. The highest BCUT2D eigenvalue weighted by Crippen LogP contribution is 2.13. The number of carbonyl (C=O) groups is 13. The van der Waals surface area contributed by atoms with Gasteiger partial charge in [0.05, 0.1) is 12.6 Å². The summed E-state index contributed by atoms with van der Waals surface area (Å²) in [6.07, 6.45) is -0.379. The number of nitrogens with zero attached hydrogens (tertiary/aromatic N) is 2. The molecule has 0 aliphatic heterocycles. The molecule has 0 saturated heterocycles. The molecule has 35 heteroatoms. The van der Waals surface area contributed by atoms with Crippen LogP contribution >= 0.6 is 12.6 Å². The number of nitrogens with two attached hydrogens (primary N) is 7. The topological polar surface area (TPSA) is 590 Å². The summed E-state index contributed by atoms with van der Waals surface area (Å²) in [7, 11) is 0. The van der Waals surface area contributed by atoms with Crippen molar-refractivity contribution in [3.05, 3.63) is 0 Å². The second-order valence-corrected chi connectivity index (χ2v) is 22.5. The van der Waals surface area contributed by atoms with Gasteiger partial charge in [0.15, 0.2) is 11.9 Å². The Hall–Kier alpha value is -8.08. The fourth-order valence-electron chi connectivity index (χ4n) is 8.22. The van der Waals surface area contributed by atoms with Crippen LogP contribution < -0.4 is 93.3 Å². The third-order valence-corrected chi connectivity index (χ3v) is 13.3. The number of thiol groups is 1. The van der Waals surface area contributed by atoms with E-state index in [0.29, 0.717) is 25.8 Å². The van der Waals surface area contributed by atoms with Crippen molar-refractivity contribution < 1.29 is 72.5 Å². The molecule has 0 aromatic rings. The fourth-order valence-corrected chi connectivity index (χ4v) is 8.48. The minimum Gasteiger partial charge on any atom is -0.481 e. The smallest absolute Gasteiger partial charge is 0.326 e. The Bertz CT molecular complexity index is 2410. The van der Waals surface area contributed by atoms with E-state index >= 15 is 0 Å². The van der Waals surface area contributed by atoms with Crippen molar-refractivity contribution in [1.82, 2.24) is 53.2 Å². The van der Waals surface area contributed by atoms with E-state index in [2.05, 4.69) is 75.8 Å². The van der Waals surface area contributed by atoms with Crippen LogP contribution in [0.25, 0.3) is 0 Å². The van der Waals surface area contributed by atoms with Crippen LogP contribution in [0.5, 0.6) is 0 Å². The molecule has 500 valence electrons. The van der Waals surface area contributed by atoms with Gasteiger partial charge in [-0.15, -0.1) is 0 Å². The lowest BCUT2D eigenvalue weighted by molar-refractivity contribution is -0.142. The third-order valence-electron chi connectivity index (χ3n) is 13.0. The van der Waals surface area contributed by atoms with Crippen molar-refractivity contribution >= 4 is 101 Å². The van der Waals surface area contributed by atoms with Crippen LogP contribution in [0.2, 0.25) is 0 Å². The summed E-state index contributed by atoms with van der Waals surface area (Å²) >= 11 is 4.20. The van der Waals surface area contributed by atoms with E-state index in [1.165, 1.54) is 6.92 Å². The maximum atomic E-state index is 14.2. The van der Waals surface area contributed by atoms with Gasteiger partial charge in [0, 0.05) is 31.7 Å². The van der Waals surface area contributed by atoms with Gasteiger partial charge in [0.1, 0.15) is 54.4 Å². The van der Waals surface area contributed by atoms with Gasteiger partial charge in [0.25, 0.3) is 0 Å². The molecule has 0 aliphatic rings. The molecule has 0 aromatic carbocycles. The Labute approximate surface area is 517 Å². The number of aliphatic imine (C=N–C) groups is 2. The standard InChI is InChI=1S/C53H97N19O15S/c1-26(2)22-35(69-43(78)30(55)12-8-9-19-54)48(83)71-37(25-88)44(79)63-24-39(74)65-31(13-10-20-61-52(57)58)46(81)66-33(16-18-40(75)76)47(82)70-36(23-27(3)4)49(84)72-41(28(5)6)50(85)67-32(14-11-21-62-53(59)60)45(80)64-29(7)42(77)68-34(51(86)87)15-17-38(56)73/h26-37,41,88H,8-25,54-55H2,1-7H3,(H2,56,73)(H,63,79)(H,64,80)(H,65,74)(H,66,81)(H,67,85)(H,68,77)(H,69,78)(H,70,82)(H,71,83)(H,72,84)(H,75,76)(H,86,87)(H4,57,58,61)(H4,59,60,62)/t29-,30-,31-,32-,33-,34-,35-,36-,37-,41-/m0/s1. The second kappa shape index (κ2) is 42.7. The van der Waals surface area contributed by atoms with Crippen LogP contribution in [-0.2, 0) is 62.3 Å². The first-order chi connectivity index (χ1) is 41.1. The average molecular weight is 1270 g/mol. The molecule has 0 saturated carbocycles. The monoisotopic (exact) mass is 1270 g/mol. The largest absolute Gasteiger partial charge is 0.481 e. The zero-order valence-corrected chi connectivity index (χ0v) is 52.2. The molecule has 0 fully saturated rings. The van der Waals surface area contributed by atoms with E-state index in [1.54, 1.807) is 27.7 Å². The van der Waals surface area contributed by atoms with E-state index in [9.17, 15) is 72.5 Å². The van der Waals surface area contributed by atoms with Gasteiger partial charge in [0.2, 0.25) is 65.0 Å². The lowest BCUT2D eigenvalue weighted by atomic mass is 9.98. The number of aliphatic carboxylic acids is 2. The SMILES string of the molecule is CC(C)C[C@H](NC(=O)[C@H](CCC(=O)O)NC(=O)[C@H](CCCN=C(N)N)NC(=O)CNC(=O)[C@H](CS)NC(=O)[C@H](CC(C)C)NC(=O)[C@@H](N)CCCCN)C(=O)N[C@H](C(=O)N[C@@H](CCCN=C(N)N)C(=O)N[C@@H](C)C(=O)N[C@@H](CCC(N)=O)C(=O)O)C(C)C. The number of guanidine groups is 2. The Morgan fingerprint density at radius 2 is 0.886 bits per heavy atom. The molecule has 0 aliphatic carbocycles. The number of primary amides is 1. The number of hydrogen-bond donors (Lipinski definition) is 20. The summed E-state index contributed by atoms with van der Waals surface area (Å²) in [6.45, 7) is 11.1. The highest BCUT2D eigenvalue weighted by atomic mass is 32.1. The number of hydrogen-bond acceptors (Lipinski definition) is 18. The molecule has 0 heterocycles. The number of carboxylic acid groups (broad SMARTS) is 2. The van der Waals surface area contributed by atoms with Gasteiger partial charge < -0.3 is 104 Å². The van der Waals surface area contributed by atoms with Gasteiger partial charge in [-0.2, -0.15) is 12.6 Å². The normalized spacial score (nSPS) is 14.5. The van der Waals surface area contributed by atoms with Gasteiger partial charge in [-0.05, 0) is 95.4 Å². The van der Waals surface area contributed by atoms with Crippen LogP contribution in [0.4, 0.5) is 0 Å². The van der Waals surface area contributed by atoms with Crippen LogP contribution in [0.3, 0.4) is 0 Å². The Morgan fingerprint density at radius 1 is 0.455 bits per heavy atom. The van der Waals surface area contributed by atoms with Gasteiger partial charge >= 0.3 is 11.9 Å². The first-order valence-corrected chi connectivity index (χ1v) is 29.7. The number of carbonyl (C=O) groups excluding carboxylic acids is 11. The first kappa shape index (κ1) is 79.9. The van der Waals surface area contributed by atoms with Crippen molar-refractivity contribution in [2.45, 2.75) is 192 Å². The van der Waals surface area contributed by atoms with E-state index in [1.807, 2.05) is 13.8 Å². The second-order valence-electron chi connectivity index (χ2n) is 22.2. The molecular weight excluding hydrogens is 1170 g/mol. The summed E-state index contributed by atoms with van der Waals surface area (Å²) in [5.74, 6) is -14.3. The summed E-state index contributed by atoms with van der Waals surface area (Å²) in [5, 5.41) is 44.0. The quantitative estimate of drug-likeness (QED) is 0.0117. The minimum absolute atomic E-state index is 0.000962.